The van der Waals surface area contributed by atoms with Crippen LogP contribution in [0.2, 0.25) is 0 Å². The number of likely N-dealkylation sites (tertiary alicyclic amines) is 1. The maximum atomic E-state index is 12.3. The van der Waals surface area contributed by atoms with Crippen molar-refractivity contribution in [2.75, 3.05) is 18.8 Å². The summed E-state index contributed by atoms with van der Waals surface area (Å²) in [5.74, 6) is 0.0464. The van der Waals surface area contributed by atoms with Gasteiger partial charge in [-0.2, -0.15) is 0 Å². The molecule has 1 aromatic rings. The molecule has 0 saturated carbocycles. The molecule has 2 rings (SSSR count). The Kier molecular flexibility index (Phi) is 4.39. The molecule has 1 saturated heterocycles. The Morgan fingerprint density at radius 2 is 1.80 bits per heavy atom. The second kappa shape index (κ2) is 5.88. The largest absolute Gasteiger partial charge is 0.300 e. The minimum Gasteiger partial charge on any atom is -0.300 e. The highest BCUT2D eigenvalue weighted by atomic mass is 32.2. The van der Waals surface area contributed by atoms with Crippen molar-refractivity contribution in [3.8, 4) is 0 Å². The van der Waals surface area contributed by atoms with Gasteiger partial charge in [0.25, 0.3) is 5.69 Å². The van der Waals surface area contributed by atoms with Gasteiger partial charge in [0.15, 0.2) is 9.84 Å². The van der Waals surface area contributed by atoms with Crippen LogP contribution in [-0.4, -0.2) is 43.1 Å². The van der Waals surface area contributed by atoms with Crippen LogP contribution in [-0.2, 0) is 9.84 Å². The molecule has 7 heteroatoms. The van der Waals surface area contributed by atoms with E-state index in [0.717, 1.165) is 25.9 Å². The molecular formula is C13H18N2O4S. The van der Waals surface area contributed by atoms with Gasteiger partial charge in [0.05, 0.1) is 15.6 Å². The third-order valence-electron chi connectivity index (χ3n) is 3.63. The average molecular weight is 298 g/mol. The smallest absolute Gasteiger partial charge is 0.269 e. The standard InChI is InChI=1S/C13H18N2O4S/c1-11(14-8-2-3-9-14)10-20(18,19)13-6-4-12(5-7-13)15(16)17/h4-7,11H,2-3,8-10H2,1H3. The first-order valence-corrected chi connectivity index (χ1v) is 8.26. The minimum absolute atomic E-state index is 0.0299. The summed E-state index contributed by atoms with van der Waals surface area (Å²) >= 11 is 0. The summed E-state index contributed by atoms with van der Waals surface area (Å²) in [5.41, 5.74) is -0.100. The zero-order chi connectivity index (χ0) is 14.8. The Morgan fingerprint density at radius 3 is 2.30 bits per heavy atom. The second-order valence-corrected chi connectivity index (χ2v) is 7.16. The van der Waals surface area contributed by atoms with Gasteiger partial charge in [-0.25, -0.2) is 8.42 Å². The summed E-state index contributed by atoms with van der Waals surface area (Å²) in [6.07, 6.45) is 2.23. The van der Waals surface area contributed by atoms with E-state index in [1.165, 1.54) is 24.3 Å². The first kappa shape index (κ1) is 14.9. The van der Waals surface area contributed by atoms with Crippen molar-refractivity contribution in [1.82, 2.24) is 4.90 Å². The summed E-state index contributed by atoms with van der Waals surface area (Å²) < 4.78 is 24.6. The maximum Gasteiger partial charge on any atom is 0.269 e. The van der Waals surface area contributed by atoms with Gasteiger partial charge in [0, 0.05) is 18.2 Å². The number of nitrogens with zero attached hydrogens (tertiary/aromatic N) is 2. The SMILES string of the molecule is CC(CS(=O)(=O)c1ccc([N+](=O)[O-])cc1)N1CCCC1. The van der Waals surface area contributed by atoms with Gasteiger partial charge in [-0.1, -0.05) is 0 Å². The number of rotatable bonds is 5. The summed E-state index contributed by atoms with van der Waals surface area (Å²) in [4.78, 5) is 12.3. The van der Waals surface area contributed by atoms with Crippen LogP contribution in [0.5, 0.6) is 0 Å². The van der Waals surface area contributed by atoms with E-state index in [1.807, 2.05) is 6.92 Å². The summed E-state index contributed by atoms with van der Waals surface area (Å²) in [6.45, 7) is 3.79. The Hall–Kier alpha value is -1.47. The van der Waals surface area contributed by atoms with Crippen LogP contribution in [0.15, 0.2) is 29.2 Å². The lowest BCUT2D eigenvalue weighted by Crippen LogP contribution is -2.35. The van der Waals surface area contributed by atoms with Crippen molar-refractivity contribution in [3.05, 3.63) is 34.4 Å². The van der Waals surface area contributed by atoms with E-state index in [4.69, 9.17) is 0 Å². The molecule has 1 aliphatic rings. The lowest BCUT2D eigenvalue weighted by Gasteiger charge is -2.23. The molecule has 0 aliphatic carbocycles. The van der Waals surface area contributed by atoms with Crippen LogP contribution in [0.1, 0.15) is 19.8 Å². The molecule has 1 heterocycles. The molecule has 20 heavy (non-hydrogen) atoms. The molecule has 0 spiro atoms. The molecule has 1 aliphatic heterocycles. The van der Waals surface area contributed by atoms with Crippen LogP contribution in [0.25, 0.3) is 0 Å². The predicted molar refractivity (Wildman–Crippen MR) is 75.4 cm³/mol. The first-order valence-electron chi connectivity index (χ1n) is 6.61. The van der Waals surface area contributed by atoms with Crippen molar-refractivity contribution in [3.63, 3.8) is 0 Å². The van der Waals surface area contributed by atoms with Gasteiger partial charge >= 0.3 is 0 Å². The monoisotopic (exact) mass is 298 g/mol. The Labute approximate surface area is 118 Å². The van der Waals surface area contributed by atoms with E-state index in [0.29, 0.717) is 0 Å². The third kappa shape index (κ3) is 3.34. The van der Waals surface area contributed by atoms with E-state index in [-0.39, 0.29) is 22.4 Å². The summed E-state index contributed by atoms with van der Waals surface area (Å²) in [5, 5.41) is 10.6. The van der Waals surface area contributed by atoms with Gasteiger partial charge < -0.3 is 0 Å². The second-order valence-electron chi connectivity index (χ2n) is 5.12. The van der Waals surface area contributed by atoms with Crippen molar-refractivity contribution in [2.45, 2.75) is 30.7 Å². The van der Waals surface area contributed by atoms with Gasteiger partial charge in [-0.05, 0) is 45.0 Å². The van der Waals surface area contributed by atoms with Crippen molar-refractivity contribution < 1.29 is 13.3 Å². The van der Waals surface area contributed by atoms with Crippen LogP contribution >= 0.6 is 0 Å². The van der Waals surface area contributed by atoms with Crippen molar-refractivity contribution in [1.29, 1.82) is 0 Å². The molecule has 0 aromatic heterocycles. The van der Waals surface area contributed by atoms with Crippen molar-refractivity contribution >= 4 is 15.5 Å². The highest BCUT2D eigenvalue weighted by Gasteiger charge is 2.25. The molecule has 0 bridgehead atoms. The average Bonchev–Trinajstić information content (AvgIpc) is 2.92. The van der Waals surface area contributed by atoms with Crippen molar-refractivity contribution in [2.24, 2.45) is 0 Å². The van der Waals surface area contributed by atoms with Crippen LogP contribution in [0.3, 0.4) is 0 Å². The van der Waals surface area contributed by atoms with Gasteiger partial charge in [0.1, 0.15) is 0 Å². The van der Waals surface area contributed by atoms with E-state index in [1.54, 1.807) is 0 Å². The van der Waals surface area contributed by atoms with Crippen LogP contribution in [0.4, 0.5) is 5.69 Å². The molecule has 1 aromatic carbocycles. The van der Waals surface area contributed by atoms with E-state index in [9.17, 15) is 18.5 Å². The first-order chi connectivity index (χ1) is 9.40. The van der Waals surface area contributed by atoms with Gasteiger partial charge in [-0.15, -0.1) is 0 Å². The summed E-state index contributed by atoms with van der Waals surface area (Å²) in [7, 11) is -3.40. The highest BCUT2D eigenvalue weighted by Crippen LogP contribution is 2.20. The number of sulfone groups is 1. The predicted octanol–water partition coefficient (Wildman–Crippen LogP) is 1.85. The molecular weight excluding hydrogens is 280 g/mol. The van der Waals surface area contributed by atoms with E-state index < -0.39 is 14.8 Å². The topological polar surface area (TPSA) is 80.5 Å². The lowest BCUT2D eigenvalue weighted by molar-refractivity contribution is -0.384. The van der Waals surface area contributed by atoms with Gasteiger partial charge in [0.2, 0.25) is 0 Å². The third-order valence-corrected chi connectivity index (χ3v) is 5.54. The summed E-state index contributed by atoms with van der Waals surface area (Å²) in [6, 6.07) is 5.05. The van der Waals surface area contributed by atoms with Crippen LogP contribution < -0.4 is 0 Å². The normalized spacial score (nSPS) is 18.1. The zero-order valence-corrected chi connectivity index (χ0v) is 12.2. The molecule has 1 unspecified atom stereocenters. The zero-order valence-electron chi connectivity index (χ0n) is 11.4. The van der Waals surface area contributed by atoms with Crippen LogP contribution in [0, 0.1) is 10.1 Å². The quantitative estimate of drug-likeness (QED) is 0.612. The molecule has 0 amide bonds. The number of nitro benzene ring substituents is 1. The number of non-ortho nitro benzene ring substituents is 1. The number of nitro groups is 1. The molecule has 1 atom stereocenters. The van der Waals surface area contributed by atoms with E-state index in [2.05, 4.69) is 4.90 Å². The molecule has 6 nitrogen and oxygen atoms in total. The van der Waals surface area contributed by atoms with Gasteiger partial charge in [-0.3, -0.25) is 15.0 Å². The molecule has 110 valence electrons. The highest BCUT2D eigenvalue weighted by molar-refractivity contribution is 7.91. The minimum atomic E-state index is -3.40. The number of hydrogen-bond donors (Lipinski definition) is 0. The fourth-order valence-corrected chi connectivity index (χ4v) is 4.07. The Balaban J connectivity index is 2.11. The fraction of sp³-hybridized carbons (Fsp3) is 0.538. The molecule has 0 N–H and O–H groups in total. The number of hydrogen-bond acceptors (Lipinski definition) is 5. The number of benzene rings is 1. The maximum absolute atomic E-state index is 12.3. The fourth-order valence-electron chi connectivity index (χ4n) is 2.48. The molecule has 1 fully saturated rings. The Bertz CT molecular complexity index is 577. The molecule has 0 radical (unpaired) electrons. The Morgan fingerprint density at radius 1 is 1.25 bits per heavy atom. The van der Waals surface area contributed by atoms with E-state index >= 15 is 0 Å². The lowest BCUT2D eigenvalue weighted by atomic mass is 10.3.